The highest BCUT2D eigenvalue weighted by atomic mass is 32.2. The van der Waals surface area contributed by atoms with Crippen molar-refractivity contribution in [3.63, 3.8) is 0 Å². The Kier molecular flexibility index (Phi) is 6.16. The molecule has 30 heavy (non-hydrogen) atoms. The van der Waals surface area contributed by atoms with E-state index < -0.39 is 27.9 Å². The average Bonchev–Trinajstić information content (AvgIpc) is 3.15. The fourth-order valence-corrected chi connectivity index (χ4v) is 4.27. The van der Waals surface area contributed by atoms with Gasteiger partial charge in [0.1, 0.15) is 6.33 Å². The third-order valence-corrected chi connectivity index (χ3v) is 6.06. The van der Waals surface area contributed by atoms with Crippen molar-refractivity contribution in [2.24, 2.45) is 0 Å². The van der Waals surface area contributed by atoms with Gasteiger partial charge >= 0.3 is 11.9 Å². The van der Waals surface area contributed by atoms with Gasteiger partial charge in [0.2, 0.25) is 0 Å². The molecule has 0 bridgehead atoms. The average molecular weight is 431 g/mol. The highest BCUT2D eigenvalue weighted by Gasteiger charge is 2.35. The van der Waals surface area contributed by atoms with Crippen molar-refractivity contribution in [1.82, 2.24) is 13.9 Å². The Morgan fingerprint density at radius 2 is 1.60 bits per heavy atom. The molecule has 2 heterocycles. The lowest BCUT2D eigenvalue weighted by Crippen LogP contribution is -2.27. The van der Waals surface area contributed by atoms with Crippen LogP contribution in [0.2, 0.25) is 0 Å². The summed E-state index contributed by atoms with van der Waals surface area (Å²) in [5.41, 5.74) is 0.983. The molecule has 0 radical (unpaired) electrons. The molecule has 0 saturated carbocycles. The van der Waals surface area contributed by atoms with Gasteiger partial charge in [-0.25, -0.2) is 22.4 Å². The van der Waals surface area contributed by atoms with E-state index in [9.17, 15) is 18.0 Å². The van der Waals surface area contributed by atoms with Crippen LogP contribution < -0.4 is 0 Å². The fourth-order valence-electron chi connectivity index (χ4n) is 2.97. The minimum absolute atomic E-state index is 0.0229. The number of carbonyl (C=O) groups excluding carboxylic acids is 2. The maximum atomic E-state index is 13.1. The van der Waals surface area contributed by atoms with Crippen LogP contribution in [0.4, 0.5) is 0 Å². The summed E-state index contributed by atoms with van der Waals surface area (Å²) < 4.78 is 37.2. The van der Waals surface area contributed by atoms with Crippen LogP contribution in [0.5, 0.6) is 0 Å². The molecule has 9 nitrogen and oxygen atoms in total. The Bertz CT molecular complexity index is 1170. The predicted octanol–water partition coefficient (Wildman–Crippen LogP) is 2.19. The summed E-state index contributed by atoms with van der Waals surface area (Å²) in [5, 5.41) is 0.235. The topological polar surface area (TPSA) is 117 Å². The molecular formula is C20H21N3O6S. The molecule has 0 aliphatic carbocycles. The number of benzene rings is 1. The summed E-state index contributed by atoms with van der Waals surface area (Å²) in [6.45, 7) is 5.20. The van der Waals surface area contributed by atoms with Crippen LogP contribution in [0, 0.1) is 6.92 Å². The molecule has 0 atom stereocenters. The highest BCUT2D eigenvalue weighted by Crippen LogP contribution is 2.28. The molecule has 0 spiro atoms. The van der Waals surface area contributed by atoms with Gasteiger partial charge in [-0.05, 0) is 39.0 Å². The molecule has 0 aliphatic heterocycles. The Hall–Kier alpha value is -3.27. The van der Waals surface area contributed by atoms with E-state index in [2.05, 4.69) is 9.97 Å². The fraction of sp³-hybridized carbons (Fsp3) is 0.300. The first kappa shape index (κ1) is 21.4. The summed E-state index contributed by atoms with van der Waals surface area (Å²) >= 11 is 0. The number of esters is 2. The number of rotatable bonds is 7. The van der Waals surface area contributed by atoms with Crippen LogP contribution in [0.1, 0.15) is 31.0 Å². The number of hydrogen-bond acceptors (Lipinski definition) is 8. The molecule has 0 amide bonds. The SMILES string of the molecule is CCOC(=O)C(C(=O)OCC)c1ncnc2c1ccn2S(=O)(=O)c1ccc(C)cc1. The second kappa shape index (κ2) is 8.62. The van der Waals surface area contributed by atoms with Gasteiger partial charge in [-0.1, -0.05) is 17.7 Å². The van der Waals surface area contributed by atoms with E-state index in [1.807, 2.05) is 6.92 Å². The van der Waals surface area contributed by atoms with Crippen LogP contribution in [0.15, 0.2) is 47.8 Å². The maximum absolute atomic E-state index is 13.1. The second-order valence-corrected chi connectivity index (χ2v) is 8.18. The van der Waals surface area contributed by atoms with E-state index in [1.54, 1.807) is 26.0 Å². The quantitative estimate of drug-likeness (QED) is 0.413. The highest BCUT2D eigenvalue weighted by molar-refractivity contribution is 7.90. The summed E-state index contributed by atoms with van der Waals surface area (Å²) in [6.07, 6.45) is 2.41. The summed E-state index contributed by atoms with van der Waals surface area (Å²) in [4.78, 5) is 33.1. The zero-order valence-electron chi connectivity index (χ0n) is 16.7. The Labute approximate surface area is 173 Å². The van der Waals surface area contributed by atoms with Crippen LogP contribution in [-0.2, 0) is 29.1 Å². The van der Waals surface area contributed by atoms with E-state index in [0.29, 0.717) is 0 Å². The van der Waals surface area contributed by atoms with Gasteiger partial charge in [0.05, 0.1) is 23.8 Å². The third-order valence-electron chi connectivity index (χ3n) is 4.37. The number of fused-ring (bicyclic) bond motifs is 1. The minimum Gasteiger partial charge on any atom is -0.465 e. The van der Waals surface area contributed by atoms with Crippen LogP contribution in [0.3, 0.4) is 0 Å². The number of aryl methyl sites for hydroxylation is 1. The van der Waals surface area contributed by atoms with Gasteiger partial charge in [0, 0.05) is 11.6 Å². The Morgan fingerprint density at radius 1 is 1.00 bits per heavy atom. The normalized spacial score (nSPS) is 11.6. The van der Waals surface area contributed by atoms with Crippen molar-refractivity contribution in [1.29, 1.82) is 0 Å². The second-order valence-electron chi connectivity index (χ2n) is 6.36. The van der Waals surface area contributed by atoms with E-state index >= 15 is 0 Å². The number of carbonyl (C=O) groups is 2. The lowest BCUT2D eigenvalue weighted by molar-refractivity contribution is -0.157. The summed E-state index contributed by atoms with van der Waals surface area (Å²) in [7, 11) is -3.95. The molecule has 0 unspecified atom stereocenters. The molecule has 10 heteroatoms. The van der Waals surface area contributed by atoms with Gasteiger partial charge in [0.25, 0.3) is 10.0 Å². The molecule has 158 valence electrons. The first-order chi connectivity index (χ1) is 14.3. The van der Waals surface area contributed by atoms with Gasteiger partial charge in [-0.3, -0.25) is 9.59 Å². The minimum atomic E-state index is -3.95. The molecule has 0 N–H and O–H groups in total. The van der Waals surface area contributed by atoms with Crippen LogP contribution in [-0.4, -0.2) is 47.5 Å². The van der Waals surface area contributed by atoms with Crippen molar-refractivity contribution in [3.05, 3.63) is 54.1 Å². The van der Waals surface area contributed by atoms with Crippen molar-refractivity contribution in [2.75, 3.05) is 13.2 Å². The van der Waals surface area contributed by atoms with Crippen molar-refractivity contribution in [2.45, 2.75) is 31.6 Å². The van der Waals surface area contributed by atoms with Gasteiger partial charge < -0.3 is 9.47 Å². The lowest BCUT2D eigenvalue weighted by atomic mass is 10.0. The molecule has 0 fully saturated rings. The van der Waals surface area contributed by atoms with E-state index in [1.165, 1.54) is 24.4 Å². The maximum Gasteiger partial charge on any atom is 0.326 e. The number of hydrogen-bond donors (Lipinski definition) is 0. The van der Waals surface area contributed by atoms with E-state index in [0.717, 1.165) is 15.9 Å². The Balaban J connectivity index is 2.15. The first-order valence-corrected chi connectivity index (χ1v) is 10.7. The van der Waals surface area contributed by atoms with E-state index in [4.69, 9.17) is 9.47 Å². The van der Waals surface area contributed by atoms with Crippen molar-refractivity contribution >= 4 is 33.0 Å². The molecular weight excluding hydrogens is 410 g/mol. The molecule has 3 rings (SSSR count). The number of ether oxygens (including phenoxy) is 2. The molecule has 1 aromatic carbocycles. The zero-order valence-corrected chi connectivity index (χ0v) is 17.5. The van der Waals surface area contributed by atoms with E-state index in [-0.39, 0.29) is 34.8 Å². The molecule has 2 aromatic heterocycles. The monoisotopic (exact) mass is 431 g/mol. The molecule has 0 saturated heterocycles. The standard InChI is InChI=1S/C20H21N3O6S/c1-4-28-19(24)16(20(25)29-5-2)17-15-10-11-23(18(15)22-12-21-17)30(26,27)14-8-6-13(3)7-9-14/h6-12,16H,4-5H2,1-3H3. The van der Waals surface area contributed by atoms with Gasteiger partial charge in [-0.2, -0.15) is 0 Å². The van der Waals surface area contributed by atoms with Crippen LogP contribution >= 0.6 is 0 Å². The molecule has 0 aliphatic rings. The molecule has 3 aromatic rings. The largest absolute Gasteiger partial charge is 0.465 e. The zero-order chi connectivity index (χ0) is 21.9. The third kappa shape index (κ3) is 3.90. The first-order valence-electron chi connectivity index (χ1n) is 9.28. The predicted molar refractivity (Wildman–Crippen MR) is 107 cm³/mol. The Morgan fingerprint density at radius 3 is 2.17 bits per heavy atom. The summed E-state index contributed by atoms with van der Waals surface area (Å²) in [5.74, 6) is -3.11. The van der Waals surface area contributed by atoms with Gasteiger partial charge in [-0.15, -0.1) is 0 Å². The van der Waals surface area contributed by atoms with Crippen molar-refractivity contribution < 1.29 is 27.5 Å². The van der Waals surface area contributed by atoms with Crippen molar-refractivity contribution in [3.8, 4) is 0 Å². The van der Waals surface area contributed by atoms with Crippen LogP contribution in [0.25, 0.3) is 11.0 Å². The van der Waals surface area contributed by atoms with Gasteiger partial charge in [0.15, 0.2) is 11.6 Å². The number of nitrogens with zero attached hydrogens (tertiary/aromatic N) is 3. The lowest BCUT2D eigenvalue weighted by Gasteiger charge is -2.14. The number of aromatic nitrogens is 3. The smallest absolute Gasteiger partial charge is 0.326 e. The summed E-state index contributed by atoms with van der Waals surface area (Å²) in [6, 6.07) is 7.83.